The third kappa shape index (κ3) is 6.37. The highest BCUT2D eigenvalue weighted by atomic mass is 19.1. The molecule has 0 spiro atoms. The number of carbonyl (C=O) groups excluding carboxylic acids is 1. The minimum atomic E-state index is -0.734. The number of ether oxygens (including phenoxy) is 2. The Bertz CT molecular complexity index is 1420. The minimum Gasteiger partial charge on any atom is -0.507 e. The molecule has 1 amide bonds. The van der Waals surface area contributed by atoms with E-state index in [9.17, 15) is 18.7 Å². The van der Waals surface area contributed by atoms with E-state index in [0.29, 0.717) is 42.9 Å². The number of nitrogens with one attached hydrogen (secondary N) is 1. The number of amides is 1. The highest BCUT2D eigenvalue weighted by Crippen LogP contribution is 2.41. The zero-order valence-corrected chi connectivity index (χ0v) is 22.2. The van der Waals surface area contributed by atoms with Gasteiger partial charge in [0.1, 0.15) is 29.1 Å². The fraction of sp³-hybridized carbons (Fsp3) is 0.345. The van der Waals surface area contributed by atoms with Crippen LogP contribution >= 0.6 is 0 Å². The summed E-state index contributed by atoms with van der Waals surface area (Å²) in [6.07, 6.45) is 0.764. The van der Waals surface area contributed by atoms with Gasteiger partial charge in [-0.1, -0.05) is 12.1 Å². The molecule has 4 rings (SSSR count). The lowest BCUT2D eigenvalue weighted by Gasteiger charge is -2.34. The molecule has 1 saturated heterocycles. The van der Waals surface area contributed by atoms with Gasteiger partial charge in [0.25, 0.3) is 0 Å². The Balaban J connectivity index is 1.67. The summed E-state index contributed by atoms with van der Waals surface area (Å²) in [7, 11) is 1.35. The lowest BCUT2D eigenvalue weighted by atomic mass is 9.96. The molecule has 2 aromatic carbocycles. The van der Waals surface area contributed by atoms with Gasteiger partial charge in [-0.25, -0.2) is 18.6 Å². The molecular formula is C29H30F2N4O4. The normalized spacial score (nSPS) is 14.0. The standard InChI is InChI=1S/C29H30F2N4O4/c1-29(2,3)39-28(37)33-20-9-11-35(12-10-20)25-15-23(36)26(17-7-8-24(38-4)22(31)13-17)27(34-25)18-5-6-19(16-32)21(30)14-18/h5-8,13-15,20H,9-12H2,1-4H3,(H,33,37)(H,34,36). The van der Waals surface area contributed by atoms with Gasteiger partial charge in [-0.2, -0.15) is 5.26 Å². The average molecular weight is 537 g/mol. The third-order valence-electron chi connectivity index (χ3n) is 6.33. The van der Waals surface area contributed by atoms with Crippen molar-refractivity contribution >= 4 is 11.9 Å². The number of nitriles is 1. The molecule has 0 aliphatic carbocycles. The summed E-state index contributed by atoms with van der Waals surface area (Å²) < 4.78 is 39.5. The third-order valence-corrected chi connectivity index (χ3v) is 6.33. The summed E-state index contributed by atoms with van der Waals surface area (Å²) in [5.74, 6) is -1.05. The summed E-state index contributed by atoms with van der Waals surface area (Å²) in [5.41, 5.74) is 0.358. The van der Waals surface area contributed by atoms with Crippen LogP contribution in [0.2, 0.25) is 0 Å². The van der Waals surface area contributed by atoms with Crippen molar-refractivity contribution in [2.45, 2.75) is 45.3 Å². The number of halogens is 2. The maximum Gasteiger partial charge on any atom is 0.407 e. The molecule has 3 aromatic rings. The van der Waals surface area contributed by atoms with Gasteiger partial charge < -0.3 is 24.8 Å². The van der Waals surface area contributed by atoms with E-state index in [-0.39, 0.29) is 34.4 Å². The predicted octanol–water partition coefficient (Wildman–Crippen LogP) is 5.77. The second-order valence-corrected chi connectivity index (χ2v) is 10.3. The molecule has 1 aliphatic heterocycles. The first kappa shape index (κ1) is 27.6. The molecule has 2 N–H and O–H groups in total. The van der Waals surface area contributed by atoms with Crippen LogP contribution in [0.4, 0.5) is 19.4 Å². The monoisotopic (exact) mass is 536 g/mol. The molecule has 0 radical (unpaired) electrons. The molecule has 1 aromatic heterocycles. The highest BCUT2D eigenvalue weighted by molar-refractivity contribution is 5.87. The van der Waals surface area contributed by atoms with E-state index >= 15 is 0 Å². The van der Waals surface area contributed by atoms with Gasteiger partial charge in [-0.15, -0.1) is 0 Å². The van der Waals surface area contributed by atoms with Crippen LogP contribution in [0.5, 0.6) is 11.5 Å². The fourth-order valence-electron chi connectivity index (χ4n) is 4.48. The van der Waals surface area contributed by atoms with Gasteiger partial charge >= 0.3 is 6.09 Å². The van der Waals surface area contributed by atoms with Gasteiger partial charge in [0, 0.05) is 30.8 Å². The van der Waals surface area contributed by atoms with Crippen molar-refractivity contribution in [3.05, 3.63) is 59.7 Å². The fourth-order valence-corrected chi connectivity index (χ4v) is 4.48. The van der Waals surface area contributed by atoms with Crippen LogP contribution in [0, 0.1) is 23.0 Å². The maximum atomic E-state index is 14.6. The minimum absolute atomic E-state index is 0.0386. The Morgan fingerprint density at radius 2 is 1.77 bits per heavy atom. The number of pyridine rings is 1. The molecule has 1 aliphatic rings. The van der Waals surface area contributed by atoms with Crippen LogP contribution < -0.4 is 15.0 Å². The lowest BCUT2D eigenvalue weighted by Crippen LogP contribution is -2.46. The number of alkyl carbamates (subject to hydrolysis) is 1. The average Bonchev–Trinajstić information content (AvgIpc) is 2.87. The van der Waals surface area contributed by atoms with Crippen molar-refractivity contribution in [1.82, 2.24) is 10.3 Å². The molecule has 0 bridgehead atoms. The predicted molar refractivity (Wildman–Crippen MR) is 143 cm³/mol. The van der Waals surface area contributed by atoms with E-state index in [1.54, 1.807) is 32.9 Å². The zero-order valence-electron chi connectivity index (χ0n) is 22.2. The van der Waals surface area contributed by atoms with Crippen LogP contribution in [0.1, 0.15) is 39.2 Å². The van der Waals surface area contributed by atoms with E-state index in [4.69, 9.17) is 19.7 Å². The van der Waals surface area contributed by atoms with Crippen LogP contribution in [-0.4, -0.2) is 48.0 Å². The first-order valence-corrected chi connectivity index (χ1v) is 12.5. The van der Waals surface area contributed by atoms with Crippen LogP contribution in [0.25, 0.3) is 22.4 Å². The summed E-state index contributed by atoms with van der Waals surface area (Å²) in [4.78, 5) is 18.9. The van der Waals surface area contributed by atoms with Crippen LogP contribution in [0.3, 0.4) is 0 Å². The molecule has 1 fully saturated rings. The van der Waals surface area contributed by atoms with Crippen molar-refractivity contribution in [3.8, 4) is 40.0 Å². The van der Waals surface area contributed by atoms with Gasteiger partial charge in [0.05, 0.1) is 23.9 Å². The number of carbonyl (C=O) groups is 1. The highest BCUT2D eigenvalue weighted by Gasteiger charge is 2.26. The summed E-state index contributed by atoms with van der Waals surface area (Å²) >= 11 is 0. The van der Waals surface area contributed by atoms with Crippen molar-refractivity contribution in [2.75, 3.05) is 25.1 Å². The van der Waals surface area contributed by atoms with Crippen molar-refractivity contribution in [1.29, 1.82) is 5.26 Å². The number of anilines is 1. The smallest absolute Gasteiger partial charge is 0.407 e. The van der Waals surface area contributed by atoms with E-state index in [1.807, 2.05) is 4.90 Å². The molecule has 0 atom stereocenters. The Morgan fingerprint density at radius 3 is 2.36 bits per heavy atom. The van der Waals surface area contributed by atoms with Crippen molar-refractivity contribution < 1.29 is 28.2 Å². The number of hydrogen-bond donors (Lipinski definition) is 2. The quantitative estimate of drug-likeness (QED) is 0.426. The Hall–Kier alpha value is -4.39. The Morgan fingerprint density at radius 1 is 1.10 bits per heavy atom. The SMILES string of the molecule is COc1ccc(-c2c(O)cc(N3CCC(NC(=O)OC(C)(C)C)CC3)nc2-c2ccc(C#N)c(F)c2)cc1F. The molecule has 0 unspecified atom stereocenters. The lowest BCUT2D eigenvalue weighted by molar-refractivity contribution is 0.0497. The summed E-state index contributed by atoms with van der Waals surface area (Å²) in [5, 5.41) is 23.2. The zero-order chi connectivity index (χ0) is 28.3. The van der Waals surface area contributed by atoms with Gasteiger partial charge in [-0.3, -0.25) is 0 Å². The van der Waals surface area contributed by atoms with Crippen LogP contribution in [0.15, 0.2) is 42.5 Å². The Labute approximate surface area is 225 Å². The van der Waals surface area contributed by atoms with Crippen molar-refractivity contribution in [3.63, 3.8) is 0 Å². The number of piperidine rings is 1. The molecular weight excluding hydrogens is 506 g/mol. The van der Waals surface area contributed by atoms with Crippen LogP contribution in [-0.2, 0) is 4.74 Å². The van der Waals surface area contributed by atoms with E-state index < -0.39 is 23.3 Å². The van der Waals surface area contributed by atoms with Gasteiger partial charge in [-0.05, 0) is 63.4 Å². The molecule has 204 valence electrons. The second-order valence-electron chi connectivity index (χ2n) is 10.3. The summed E-state index contributed by atoms with van der Waals surface area (Å²) in [6, 6.07) is 11.5. The van der Waals surface area contributed by atoms with E-state index in [0.717, 1.165) is 0 Å². The molecule has 8 nitrogen and oxygen atoms in total. The topological polar surface area (TPSA) is 108 Å². The Kier molecular flexibility index (Phi) is 7.90. The molecule has 10 heteroatoms. The van der Waals surface area contributed by atoms with Gasteiger partial charge in [0.2, 0.25) is 0 Å². The maximum absolute atomic E-state index is 14.6. The van der Waals surface area contributed by atoms with Gasteiger partial charge in [0.15, 0.2) is 11.6 Å². The summed E-state index contributed by atoms with van der Waals surface area (Å²) in [6.45, 7) is 6.47. The number of aromatic nitrogens is 1. The number of rotatable bonds is 5. The number of methoxy groups -OCH3 is 1. The van der Waals surface area contributed by atoms with E-state index in [1.165, 1.54) is 43.5 Å². The molecule has 2 heterocycles. The largest absolute Gasteiger partial charge is 0.507 e. The molecule has 39 heavy (non-hydrogen) atoms. The van der Waals surface area contributed by atoms with E-state index in [2.05, 4.69) is 5.32 Å². The second kappa shape index (κ2) is 11.2. The first-order chi connectivity index (χ1) is 18.5. The molecule has 0 saturated carbocycles. The number of benzene rings is 2. The van der Waals surface area contributed by atoms with Crippen molar-refractivity contribution in [2.24, 2.45) is 0 Å². The number of nitrogens with zero attached hydrogens (tertiary/aromatic N) is 3. The number of aromatic hydroxyl groups is 1. The first-order valence-electron chi connectivity index (χ1n) is 12.5. The number of hydrogen-bond acceptors (Lipinski definition) is 7.